The van der Waals surface area contributed by atoms with Crippen LogP contribution in [0.1, 0.15) is 57.4 Å². The van der Waals surface area contributed by atoms with Crippen LogP contribution in [-0.2, 0) is 69.5 Å². The number of phosphoric acid groups is 1. The molecule has 3 aliphatic rings. The number of rotatable bonds is 19. The summed E-state index contributed by atoms with van der Waals surface area (Å²) >= 11 is 10.8. The van der Waals surface area contributed by atoms with Crippen molar-refractivity contribution in [1.82, 2.24) is 48.6 Å². The van der Waals surface area contributed by atoms with E-state index >= 15 is 0 Å². The van der Waals surface area contributed by atoms with E-state index in [2.05, 4.69) is 34.9 Å². The van der Waals surface area contributed by atoms with Gasteiger partial charge in [0, 0.05) is 31.0 Å². The number of aliphatic hydroxyl groups excluding tert-OH is 1. The minimum absolute atomic E-state index is 0.0187. The van der Waals surface area contributed by atoms with Crippen LogP contribution in [0.25, 0.3) is 22.3 Å². The van der Waals surface area contributed by atoms with Crippen molar-refractivity contribution in [2.24, 2.45) is 5.92 Å². The van der Waals surface area contributed by atoms with E-state index in [-0.39, 0.29) is 71.6 Å². The second kappa shape index (κ2) is 20.2. The summed E-state index contributed by atoms with van der Waals surface area (Å²) in [7, 11) is -4.74. The topological polar surface area (TPSA) is 415 Å². The van der Waals surface area contributed by atoms with E-state index in [0.717, 1.165) is 4.57 Å². The maximum Gasteiger partial charge on any atom is 0.472 e. The first kappa shape index (κ1) is 51.3. The fraction of sp³-hybridized carbons (Fsp3) is 0.588. The summed E-state index contributed by atoms with van der Waals surface area (Å²) in [6, 6.07) is 0. The summed E-state index contributed by atoms with van der Waals surface area (Å²) in [5, 5.41) is 10.2. The van der Waals surface area contributed by atoms with Gasteiger partial charge in [-0.05, 0) is 36.5 Å². The molecular weight excluding hydrogens is 1020 g/mol. The SMILES string of the molecule is Cc1cn([C@H]2CC(OP(=O)(O)OCC(C)C)[C@@H](COP(O)(=S)OC3C[C@H](n4cnc5c(=O)[nH]c(N)nc54)O[C@@H]3COP(O)(=S)OC3C[C@H](n4cnc5c(=O)[nH]c(N)nc54)O[C@@H]3CO)O2)c(=O)[nH]c1=O. The van der Waals surface area contributed by atoms with Crippen molar-refractivity contribution in [3.05, 3.63) is 66.0 Å². The van der Waals surface area contributed by atoms with Gasteiger partial charge in [-0.25, -0.2) is 19.3 Å². The second-order valence-electron chi connectivity index (χ2n) is 16.4. The number of aromatic nitrogens is 10. The molecule has 0 aromatic carbocycles. The van der Waals surface area contributed by atoms with Gasteiger partial charge in [0.1, 0.15) is 43.1 Å². The molecule has 0 aliphatic carbocycles. The van der Waals surface area contributed by atoms with E-state index in [1.54, 1.807) is 13.8 Å². The van der Waals surface area contributed by atoms with E-state index in [4.69, 9.17) is 76.4 Å². The van der Waals surface area contributed by atoms with Gasteiger partial charge in [0.15, 0.2) is 22.3 Å². The van der Waals surface area contributed by atoms with Crippen LogP contribution in [0.2, 0.25) is 0 Å². The number of aliphatic hydroxyl groups is 1. The molecule has 30 nitrogen and oxygen atoms in total. The molecule has 8 rings (SSSR count). The Morgan fingerprint density at radius 1 is 0.725 bits per heavy atom. The van der Waals surface area contributed by atoms with Gasteiger partial charge in [-0.1, -0.05) is 13.8 Å². The van der Waals surface area contributed by atoms with Crippen LogP contribution in [0.15, 0.2) is 38.0 Å². The molecule has 3 saturated heterocycles. The molecule has 5 aromatic rings. The number of imidazole rings is 2. The molecule has 3 fully saturated rings. The Morgan fingerprint density at radius 2 is 1.17 bits per heavy atom. The molecule has 3 aliphatic heterocycles. The van der Waals surface area contributed by atoms with Gasteiger partial charge in [-0.2, -0.15) is 9.97 Å². The molecule has 8 heterocycles. The summed E-state index contributed by atoms with van der Waals surface area (Å²) in [6.45, 7) is -5.65. The average Bonchev–Trinajstić information content (AvgIpc) is 4.10. The first-order chi connectivity index (χ1) is 32.5. The number of fused-ring (bicyclic) bond motifs is 2. The Hall–Kier alpha value is -4.01. The number of nitrogen functional groups attached to an aromatic ring is 2. The highest BCUT2D eigenvalue weighted by atomic mass is 32.5. The number of hydrogen-bond acceptors (Lipinski definition) is 23. The monoisotopic (exact) mass is 1070 g/mol. The molecular formula is C34H47N12O18P3S2. The highest BCUT2D eigenvalue weighted by Crippen LogP contribution is 2.53. The van der Waals surface area contributed by atoms with Crippen molar-refractivity contribution in [3.63, 3.8) is 0 Å². The number of aromatic amines is 3. The Balaban J connectivity index is 0.990. The van der Waals surface area contributed by atoms with Gasteiger partial charge in [-0.3, -0.25) is 52.1 Å². The summed E-state index contributed by atoms with van der Waals surface area (Å²) in [6.07, 6.45) is -6.95. The quantitative estimate of drug-likeness (QED) is 0.0472. The number of H-pyrrole nitrogens is 3. The summed E-state index contributed by atoms with van der Waals surface area (Å²) in [5.74, 6) is -0.550. The van der Waals surface area contributed by atoms with Crippen LogP contribution < -0.4 is 33.8 Å². The molecule has 12 atom stereocenters. The maximum atomic E-state index is 13.0. The molecule has 0 amide bonds. The molecule has 35 heteroatoms. The number of nitrogens with two attached hydrogens (primary N) is 2. The molecule has 0 bridgehead atoms. The number of nitrogens with one attached hydrogen (secondary N) is 3. The van der Waals surface area contributed by atoms with Crippen molar-refractivity contribution in [1.29, 1.82) is 0 Å². The largest absolute Gasteiger partial charge is 0.472 e. The highest BCUT2D eigenvalue weighted by Gasteiger charge is 2.46. The van der Waals surface area contributed by atoms with Crippen LogP contribution in [0.3, 0.4) is 0 Å². The fourth-order valence-corrected chi connectivity index (χ4v) is 11.8. The zero-order valence-electron chi connectivity index (χ0n) is 36.4. The van der Waals surface area contributed by atoms with E-state index in [9.17, 15) is 43.5 Å². The highest BCUT2D eigenvalue weighted by molar-refractivity contribution is 8.07. The predicted octanol–water partition coefficient (Wildman–Crippen LogP) is -0.474. The van der Waals surface area contributed by atoms with Gasteiger partial charge < -0.3 is 63.6 Å². The van der Waals surface area contributed by atoms with Crippen molar-refractivity contribution < 1.29 is 65.7 Å². The van der Waals surface area contributed by atoms with Crippen LogP contribution in [0.5, 0.6) is 0 Å². The molecule has 0 radical (unpaired) electrons. The normalized spacial score (nSPS) is 27.9. The first-order valence-corrected chi connectivity index (χ1v) is 27.5. The van der Waals surface area contributed by atoms with Crippen LogP contribution >= 0.6 is 21.3 Å². The number of phosphoric ester groups is 1. The lowest BCUT2D eigenvalue weighted by molar-refractivity contribution is -0.0544. The minimum Gasteiger partial charge on any atom is -0.394 e. The lowest BCUT2D eigenvalue weighted by atomic mass is 10.2. The van der Waals surface area contributed by atoms with Crippen molar-refractivity contribution in [2.45, 2.75) is 95.3 Å². The summed E-state index contributed by atoms with van der Waals surface area (Å²) < 4.78 is 69.0. The number of ether oxygens (including phenoxy) is 3. The zero-order chi connectivity index (χ0) is 49.7. The maximum absolute atomic E-state index is 13.0. The third kappa shape index (κ3) is 11.7. The number of nitrogens with zero attached hydrogens (tertiary/aromatic N) is 7. The Kier molecular flexibility index (Phi) is 15.1. The molecule has 0 spiro atoms. The Morgan fingerprint density at radius 3 is 1.65 bits per heavy atom. The van der Waals surface area contributed by atoms with Gasteiger partial charge in [0.2, 0.25) is 11.9 Å². The standard InChI is InChI=1S/C34H47N12O18P3S2/c1-14(2)9-56-65(52,53)62-17-5-22(44-7-15(3)29(48)43-34(44)51)60-20(17)10-57-67(55,69)64-18-6-24(46-13-38-26-28(46)40-33(36)42-31(26)50)61-21(18)11-58-66(54,68)63-16-4-23(59-19(16)8-47)45-12-37-25-27(45)39-32(35)41-30(25)49/h7,12-14,16-24,47H,4-6,8-11H2,1-3H3,(H,52,53)(H,54,68)(H,55,69)(H,43,48,51)(H3,35,39,41,49)(H3,36,40,42,50)/t16?,17?,18?,19-,20-,21-,22-,23-,24-,66?,67?/m1/s1. The van der Waals surface area contributed by atoms with E-state index < -0.39 is 119 Å². The van der Waals surface area contributed by atoms with E-state index in [1.807, 2.05) is 0 Å². The molecule has 69 heavy (non-hydrogen) atoms. The second-order valence-corrected chi connectivity index (χ2v) is 23.4. The van der Waals surface area contributed by atoms with Gasteiger partial charge in [0.25, 0.3) is 16.7 Å². The molecule has 6 unspecified atom stereocenters. The third-order valence-electron chi connectivity index (χ3n) is 10.9. The van der Waals surface area contributed by atoms with E-state index in [1.165, 1.54) is 34.9 Å². The number of aryl methyl sites for hydroxylation is 1. The summed E-state index contributed by atoms with van der Waals surface area (Å²) in [5.41, 5.74) is 9.01. The lowest BCUT2D eigenvalue weighted by Gasteiger charge is -2.27. The lowest BCUT2D eigenvalue weighted by Crippen LogP contribution is -2.33. The first-order valence-electron chi connectivity index (χ1n) is 20.8. The summed E-state index contributed by atoms with van der Waals surface area (Å²) in [4.78, 5) is 107. The fourth-order valence-electron chi connectivity index (χ4n) is 7.70. The van der Waals surface area contributed by atoms with Gasteiger partial charge in [0.05, 0.1) is 51.3 Å². The number of hydrogen-bond donors (Lipinski definition) is 9. The minimum atomic E-state index is -4.74. The van der Waals surface area contributed by atoms with Crippen LogP contribution in [0.4, 0.5) is 11.9 Å². The Bertz CT molecular complexity index is 3110. The average molecular weight is 1070 g/mol. The Labute approximate surface area is 397 Å². The predicted molar refractivity (Wildman–Crippen MR) is 244 cm³/mol. The number of anilines is 2. The smallest absolute Gasteiger partial charge is 0.394 e. The molecule has 378 valence electrons. The van der Waals surface area contributed by atoms with Crippen molar-refractivity contribution in [3.8, 4) is 0 Å². The zero-order valence-corrected chi connectivity index (χ0v) is 40.7. The van der Waals surface area contributed by atoms with Crippen molar-refractivity contribution in [2.75, 3.05) is 37.9 Å². The van der Waals surface area contributed by atoms with E-state index in [0.29, 0.717) is 0 Å². The van der Waals surface area contributed by atoms with Crippen LogP contribution in [0, 0.1) is 12.8 Å². The molecule has 11 N–H and O–H groups in total. The van der Waals surface area contributed by atoms with Gasteiger partial charge >= 0.3 is 26.9 Å². The van der Waals surface area contributed by atoms with Crippen molar-refractivity contribution >= 4 is 79.1 Å². The molecule has 0 saturated carbocycles. The third-order valence-corrected chi connectivity index (χ3v) is 15.1. The van der Waals surface area contributed by atoms with Gasteiger partial charge in [-0.15, -0.1) is 0 Å². The van der Waals surface area contributed by atoms with Crippen LogP contribution in [-0.4, -0.2) is 131 Å². The molecule has 5 aromatic heterocycles.